The van der Waals surface area contributed by atoms with Crippen molar-refractivity contribution in [2.24, 2.45) is 0 Å². The Balaban J connectivity index is 3.27. The summed E-state index contributed by atoms with van der Waals surface area (Å²) >= 11 is 0. The van der Waals surface area contributed by atoms with E-state index in [1.807, 2.05) is 0 Å². The molecule has 0 atom stereocenters. The molecule has 0 amide bonds. The minimum absolute atomic E-state index is 0.734. The highest BCUT2D eigenvalue weighted by molar-refractivity contribution is 5.35. The van der Waals surface area contributed by atoms with Gasteiger partial charge in [-0.25, -0.2) is 5.10 Å². The van der Waals surface area contributed by atoms with Gasteiger partial charge in [0.1, 0.15) is 5.35 Å². The van der Waals surface area contributed by atoms with Crippen LogP contribution in [-0.2, 0) is 0 Å². The topological polar surface area (TPSA) is 41.6 Å². The lowest BCUT2D eigenvalue weighted by atomic mass is 10.4. The van der Waals surface area contributed by atoms with E-state index in [1.165, 1.54) is 0 Å². The molecule has 42 valence electrons. The Morgan fingerprint density at radius 2 is 2.22 bits per heavy atom. The first-order valence-corrected chi connectivity index (χ1v) is 2.56. The highest BCUT2D eigenvalue weighted by Gasteiger charge is 1.85. The normalized spacial score (nSPS) is 12.0. The predicted octanol–water partition coefficient (Wildman–Crippen LogP) is -1.31. The van der Waals surface area contributed by atoms with Crippen molar-refractivity contribution in [3.63, 3.8) is 0 Å². The Kier molecular flexibility index (Phi) is 0.701. The molecule has 1 aliphatic carbocycles. The van der Waals surface area contributed by atoms with E-state index in [0.29, 0.717) is 0 Å². The second-order valence-corrected chi connectivity index (χ2v) is 1.66. The van der Waals surface area contributed by atoms with Gasteiger partial charge in [0.15, 0.2) is 5.35 Å². The number of fused-ring (bicyclic) bond motifs is 1. The van der Waals surface area contributed by atoms with E-state index in [-0.39, 0.29) is 0 Å². The first-order valence-electron chi connectivity index (χ1n) is 2.56. The van der Waals surface area contributed by atoms with Gasteiger partial charge < -0.3 is 0 Å². The number of aromatic amines is 1. The van der Waals surface area contributed by atoms with Crippen molar-refractivity contribution >= 4 is 11.5 Å². The van der Waals surface area contributed by atoms with Crippen molar-refractivity contribution in [3.8, 4) is 0 Å². The van der Waals surface area contributed by atoms with Crippen LogP contribution < -0.4 is 10.7 Å². The van der Waals surface area contributed by atoms with Gasteiger partial charge in [-0.05, 0) is 12.2 Å². The summed E-state index contributed by atoms with van der Waals surface area (Å²) in [6.45, 7) is 0. The van der Waals surface area contributed by atoms with Crippen LogP contribution in [-0.4, -0.2) is 15.4 Å². The Morgan fingerprint density at radius 3 is 3.11 bits per heavy atom. The summed E-state index contributed by atoms with van der Waals surface area (Å²) in [6, 6.07) is 0. The van der Waals surface area contributed by atoms with Crippen molar-refractivity contribution in [1.29, 1.82) is 0 Å². The molecule has 2 rings (SSSR count). The van der Waals surface area contributed by atoms with E-state index < -0.39 is 0 Å². The minimum atomic E-state index is 0.734. The Hall–Kier alpha value is -1.56. The van der Waals surface area contributed by atoms with Crippen molar-refractivity contribution in [2.75, 3.05) is 0 Å². The molecule has 0 aliphatic heterocycles. The molecule has 3 heteroatoms. The molecule has 9 heavy (non-hydrogen) atoms. The molecule has 0 fully saturated rings. The summed E-state index contributed by atoms with van der Waals surface area (Å²) in [6.07, 6.45) is 3.52. The van der Waals surface area contributed by atoms with Crippen LogP contribution >= 0.6 is 0 Å². The lowest BCUT2D eigenvalue weighted by Crippen LogP contribution is -2.22. The second kappa shape index (κ2) is 1.46. The molecular formula is C6H3N3. The number of rotatable bonds is 0. The molecule has 0 aromatic carbocycles. The van der Waals surface area contributed by atoms with Crippen LogP contribution in [0.4, 0.5) is 0 Å². The SMILES string of the molecule is C1=CC=C=c2[nH]nnc2=1. The van der Waals surface area contributed by atoms with E-state index in [9.17, 15) is 0 Å². The third kappa shape index (κ3) is 0.533. The molecule has 1 aromatic heterocycles. The molecule has 0 saturated heterocycles. The molecule has 0 saturated carbocycles. The predicted molar refractivity (Wildman–Crippen MR) is 31.6 cm³/mol. The lowest BCUT2D eigenvalue weighted by molar-refractivity contribution is 0.926. The molecular weight excluding hydrogens is 114 g/mol. The van der Waals surface area contributed by atoms with Gasteiger partial charge in [0.05, 0.1) is 0 Å². The fraction of sp³-hybridized carbons (Fsp3) is 0. The van der Waals surface area contributed by atoms with Crippen LogP contribution in [0.3, 0.4) is 0 Å². The molecule has 1 aromatic rings. The quantitative estimate of drug-likeness (QED) is 0.458. The zero-order chi connectivity index (χ0) is 6.10. The second-order valence-electron chi connectivity index (χ2n) is 1.66. The molecule has 3 nitrogen and oxygen atoms in total. The van der Waals surface area contributed by atoms with E-state index in [4.69, 9.17) is 0 Å². The number of H-pyrrole nitrogens is 1. The summed E-state index contributed by atoms with van der Waals surface area (Å²) in [7, 11) is 0. The number of hydrogen-bond acceptors (Lipinski definition) is 2. The number of allylic oxidation sites excluding steroid dienone is 2. The molecule has 0 spiro atoms. The summed E-state index contributed by atoms with van der Waals surface area (Å²) < 4.78 is 0. The largest absolute Gasteiger partial charge is 0.249 e. The fourth-order valence-electron chi connectivity index (χ4n) is 0.675. The zero-order valence-corrected chi connectivity index (χ0v) is 4.55. The first-order chi connectivity index (χ1) is 4.47. The summed E-state index contributed by atoms with van der Waals surface area (Å²) in [5.41, 5.74) is 5.81. The number of nitrogens with one attached hydrogen (secondary N) is 1. The zero-order valence-electron chi connectivity index (χ0n) is 4.55. The number of nitrogens with zero attached hydrogens (tertiary/aromatic N) is 2. The van der Waals surface area contributed by atoms with Gasteiger partial charge in [-0.15, -0.1) is 5.10 Å². The average Bonchev–Trinajstić information content (AvgIpc) is 2.33. The molecule has 1 aliphatic rings. The van der Waals surface area contributed by atoms with Crippen LogP contribution in [0.2, 0.25) is 0 Å². The highest BCUT2D eigenvalue weighted by Crippen LogP contribution is 1.67. The third-order valence-electron chi connectivity index (χ3n) is 1.08. The van der Waals surface area contributed by atoms with Crippen molar-refractivity contribution in [2.45, 2.75) is 0 Å². The van der Waals surface area contributed by atoms with Crippen LogP contribution in [0.15, 0.2) is 12.2 Å². The molecule has 0 unspecified atom stereocenters. The van der Waals surface area contributed by atoms with Crippen LogP contribution in [0.1, 0.15) is 0 Å². The summed E-state index contributed by atoms with van der Waals surface area (Å²) in [5.74, 6) is 0. The number of hydrogen-bond donors (Lipinski definition) is 1. The van der Waals surface area contributed by atoms with Crippen LogP contribution in [0, 0.1) is 0 Å². The third-order valence-corrected chi connectivity index (χ3v) is 1.08. The Bertz CT molecular complexity index is 361. The Morgan fingerprint density at radius 1 is 1.33 bits per heavy atom. The van der Waals surface area contributed by atoms with Crippen molar-refractivity contribution < 1.29 is 0 Å². The van der Waals surface area contributed by atoms with Gasteiger partial charge >= 0.3 is 0 Å². The molecule has 0 radical (unpaired) electrons. The smallest absolute Gasteiger partial charge is 0.162 e. The van der Waals surface area contributed by atoms with Crippen LogP contribution in [0.25, 0.3) is 11.5 Å². The van der Waals surface area contributed by atoms with Crippen molar-refractivity contribution in [3.05, 3.63) is 22.9 Å². The fourth-order valence-corrected chi connectivity index (χ4v) is 0.675. The van der Waals surface area contributed by atoms with Gasteiger partial charge in [-0.1, -0.05) is 16.7 Å². The average molecular weight is 117 g/mol. The number of aromatic nitrogens is 3. The van der Waals surface area contributed by atoms with E-state index in [1.54, 1.807) is 12.2 Å². The standard InChI is InChI=1S/C6H3N3/c1-2-4-6-5(3-1)7-9-8-6/h1-2H,(H,7,8). The van der Waals surface area contributed by atoms with Gasteiger partial charge in [-0.3, -0.25) is 0 Å². The van der Waals surface area contributed by atoms with Gasteiger partial charge in [0.2, 0.25) is 0 Å². The lowest BCUT2D eigenvalue weighted by Gasteiger charge is -1.69. The van der Waals surface area contributed by atoms with Gasteiger partial charge in [0, 0.05) is 0 Å². The van der Waals surface area contributed by atoms with Gasteiger partial charge in [-0.2, -0.15) is 0 Å². The summed E-state index contributed by atoms with van der Waals surface area (Å²) in [5, 5.41) is 11.5. The molecule has 0 bridgehead atoms. The monoisotopic (exact) mass is 117 g/mol. The maximum Gasteiger partial charge on any atom is 0.162 e. The molecule has 1 N–H and O–H groups in total. The van der Waals surface area contributed by atoms with E-state index in [0.717, 1.165) is 10.7 Å². The van der Waals surface area contributed by atoms with Gasteiger partial charge in [0.25, 0.3) is 0 Å². The highest BCUT2D eigenvalue weighted by atomic mass is 15.3. The minimum Gasteiger partial charge on any atom is -0.249 e. The van der Waals surface area contributed by atoms with E-state index >= 15 is 0 Å². The van der Waals surface area contributed by atoms with Crippen molar-refractivity contribution in [1.82, 2.24) is 15.4 Å². The Labute approximate surface area is 50.7 Å². The summed E-state index contributed by atoms with van der Waals surface area (Å²) in [4.78, 5) is 0. The maximum atomic E-state index is 3.73. The first kappa shape index (κ1) is 4.33. The van der Waals surface area contributed by atoms with Crippen LogP contribution in [0.5, 0.6) is 0 Å². The molecule has 1 heterocycles. The maximum absolute atomic E-state index is 3.73. The van der Waals surface area contributed by atoms with E-state index in [2.05, 4.69) is 26.9 Å².